The first-order valence-electron chi connectivity index (χ1n) is 8.64. The minimum absolute atomic E-state index is 0.0973. The molecule has 1 aliphatic heterocycles. The molecule has 8 nitrogen and oxygen atoms in total. The summed E-state index contributed by atoms with van der Waals surface area (Å²) in [5, 5.41) is 2.90. The van der Waals surface area contributed by atoms with Crippen molar-refractivity contribution in [1.82, 2.24) is 14.9 Å². The number of hydrogen-bond acceptors (Lipinski definition) is 5. The zero-order valence-electron chi connectivity index (χ0n) is 14.6. The number of guanidine groups is 1. The van der Waals surface area contributed by atoms with E-state index in [1.807, 2.05) is 35.2 Å². The molecule has 3 rings (SSSR count). The maximum absolute atomic E-state index is 12.3. The van der Waals surface area contributed by atoms with Crippen LogP contribution in [0.25, 0.3) is 0 Å². The van der Waals surface area contributed by atoms with Crippen LogP contribution in [0.15, 0.2) is 53.8 Å². The fourth-order valence-corrected chi connectivity index (χ4v) is 2.76. The maximum atomic E-state index is 12.3. The molecular weight excluding hydrogens is 330 g/mol. The summed E-state index contributed by atoms with van der Waals surface area (Å²) >= 11 is 0. The minimum Gasteiger partial charge on any atom is -0.370 e. The van der Waals surface area contributed by atoms with E-state index in [0.717, 1.165) is 18.9 Å². The zero-order valence-corrected chi connectivity index (χ0v) is 14.6. The van der Waals surface area contributed by atoms with Gasteiger partial charge in [0.15, 0.2) is 5.96 Å². The first kappa shape index (κ1) is 17.7. The van der Waals surface area contributed by atoms with E-state index in [9.17, 15) is 4.79 Å². The van der Waals surface area contributed by atoms with Gasteiger partial charge in [-0.25, -0.2) is 9.97 Å². The summed E-state index contributed by atoms with van der Waals surface area (Å²) in [5.41, 5.74) is 5.81. The number of aromatic nitrogens is 2. The molecule has 0 atom stereocenters. The van der Waals surface area contributed by atoms with Gasteiger partial charge in [0.25, 0.3) is 0 Å². The number of rotatable bonds is 5. The second-order valence-corrected chi connectivity index (χ2v) is 5.91. The summed E-state index contributed by atoms with van der Waals surface area (Å²) in [6.07, 6.45) is 3.80. The van der Waals surface area contributed by atoms with Crippen LogP contribution in [0, 0.1) is 0 Å². The Kier molecular flexibility index (Phi) is 5.97. The molecule has 8 heteroatoms. The van der Waals surface area contributed by atoms with Crippen molar-refractivity contribution in [3.05, 3.63) is 48.8 Å². The normalized spacial score (nSPS) is 15.0. The average molecular weight is 353 g/mol. The molecule has 3 heterocycles. The molecule has 0 radical (unpaired) electrons. The van der Waals surface area contributed by atoms with Crippen LogP contribution in [0.1, 0.15) is 6.42 Å². The van der Waals surface area contributed by atoms with Crippen LogP contribution in [0.5, 0.6) is 0 Å². The fourth-order valence-electron chi connectivity index (χ4n) is 2.76. The molecule has 1 fully saturated rings. The lowest BCUT2D eigenvalue weighted by Crippen LogP contribution is -2.49. The van der Waals surface area contributed by atoms with Crippen molar-refractivity contribution in [1.29, 1.82) is 0 Å². The smallest absolute Gasteiger partial charge is 0.224 e. The van der Waals surface area contributed by atoms with Gasteiger partial charge in [-0.05, 0) is 24.3 Å². The van der Waals surface area contributed by atoms with Gasteiger partial charge < -0.3 is 20.9 Å². The lowest BCUT2D eigenvalue weighted by molar-refractivity contribution is -0.131. The van der Waals surface area contributed by atoms with Crippen LogP contribution >= 0.6 is 0 Å². The highest BCUT2D eigenvalue weighted by atomic mass is 16.2. The summed E-state index contributed by atoms with van der Waals surface area (Å²) in [6, 6.07) is 11.3. The van der Waals surface area contributed by atoms with Crippen molar-refractivity contribution in [2.24, 2.45) is 10.7 Å². The number of hydrogen-bond donors (Lipinski definition) is 2. The monoisotopic (exact) mass is 353 g/mol. The Labute approximate surface area is 152 Å². The molecule has 3 N–H and O–H groups in total. The Balaban J connectivity index is 1.41. The number of piperazine rings is 1. The van der Waals surface area contributed by atoms with Gasteiger partial charge >= 0.3 is 0 Å². The van der Waals surface area contributed by atoms with E-state index >= 15 is 0 Å². The molecule has 0 spiro atoms. The molecule has 2 aromatic heterocycles. The van der Waals surface area contributed by atoms with Crippen molar-refractivity contribution < 1.29 is 4.79 Å². The topological polar surface area (TPSA) is 99.7 Å². The van der Waals surface area contributed by atoms with Gasteiger partial charge in [0, 0.05) is 45.0 Å². The number of nitrogens with one attached hydrogen (secondary N) is 1. The Morgan fingerprint density at radius 3 is 2.46 bits per heavy atom. The lowest BCUT2D eigenvalue weighted by atomic mass is 10.2. The number of carbonyl (C=O) groups excluding carboxylic acids is 1. The number of anilines is 2. The number of carbonyl (C=O) groups is 1. The second-order valence-electron chi connectivity index (χ2n) is 5.91. The molecule has 1 saturated heterocycles. The quantitative estimate of drug-likeness (QED) is 0.613. The fraction of sp³-hybridized carbons (Fsp3) is 0.333. The summed E-state index contributed by atoms with van der Waals surface area (Å²) < 4.78 is 0. The SMILES string of the molecule is NC(=NCCC(=O)N1CCN(c2ccccn2)CC1)Nc1ccccn1. The van der Waals surface area contributed by atoms with Gasteiger partial charge in [-0.15, -0.1) is 0 Å². The van der Waals surface area contributed by atoms with Gasteiger partial charge in [-0.3, -0.25) is 9.79 Å². The molecular formula is C18H23N7O. The maximum Gasteiger partial charge on any atom is 0.224 e. The number of pyridine rings is 2. The Bertz CT molecular complexity index is 728. The molecule has 0 saturated carbocycles. The molecule has 1 amide bonds. The van der Waals surface area contributed by atoms with Crippen LogP contribution in [0.3, 0.4) is 0 Å². The Morgan fingerprint density at radius 2 is 1.81 bits per heavy atom. The summed E-state index contributed by atoms with van der Waals surface area (Å²) in [4.78, 5) is 29.1. The largest absolute Gasteiger partial charge is 0.370 e. The highest BCUT2D eigenvalue weighted by Crippen LogP contribution is 2.13. The van der Waals surface area contributed by atoms with Crippen LogP contribution in [0.4, 0.5) is 11.6 Å². The highest BCUT2D eigenvalue weighted by molar-refractivity contribution is 5.91. The third kappa shape index (κ3) is 4.92. The number of nitrogens with zero attached hydrogens (tertiary/aromatic N) is 5. The van der Waals surface area contributed by atoms with Crippen LogP contribution in [-0.4, -0.2) is 59.5 Å². The van der Waals surface area contributed by atoms with Gasteiger partial charge in [0.2, 0.25) is 5.91 Å². The molecule has 0 aromatic carbocycles. The first-order chi connectivity index (χ1) is 12.7. The number of nitrogens with two attached hydrogens (primary N) is 1. The van der Waals surface area contributed by atoms with E-state index in [-0.39, 0.29) is 11.9 Å². The Hall–Kier alpha value is -3.16. The first-order valence-corrected chi connectivity index (χ1v) is 8.64. The van der Waals surface area contributed by atoms with E-state index < -0.39 is 0 Å². The van der Waals surface area contributed by atoms with E-state index in [4.69, 9.17) is 5.73 Å². The van der Waals surface area contributed by atoms with Gasteiger partial charge in [0.05, 0.1) is 6.54 Å². The van der Waals surface area contributed by atoms with Crippen molar-refractivity contribution in [2.75, 3.05) is 42.9 Å². The van der Waals surface area contributed by atoms with Crippen molar-refractivity contribution >= 4 is 23.5 Å². The van der Waals surface area contributed by atoms with E-state index in [2.05, 4.69) is 25.2 Å². The van der Waals surface area contributed by atoms with Crippen molar-refractivity contribution in [2.45, 2.75) is 6.42 Å². The van der Waals surface area contributed by atoms with E-state index in [1.165, 1.54) is 0 Å². The van der Waals surface area contributed by atoms with Crippen molar-refractivity contribution in [3.63, 3.8) is 0 Å². The van der Waals surface area contributed by atoms with Crippen LogP contribution < -0.4 is 16.0 Å². The molecule has 1 aliphatic rings. The predicted octanol–water partition coefficient (Wildman–Crippen LogP) is 0.942. The van der Waals surface area contributed by atoms with Crippen LogP contribution in [-0.2, 0) is 4.79 Å². The lowest BCUT2D eigenvalue weighted by Gasteiger charge is -2.35. The zero-order chi connectivity index (χ0) is 18.2. The van der Waals surface area contributed by atoms with Gasteiger partial charge in [-0.2, -0.15) is 0 Å². The van der Waals surface area contributed by atoms with Gasteiger partial charge in [0.1, 0.15) is 11.6 Å². The molecule has 136 valence electrons. The molecule has 0 unspecified atom stereocenters. The second kappa shape index (κ2) is 8.80. The third-order valence-corrected chi connectivity index (χ3v) is 4.13. The molecule has 0 aliphatic carbocycles. The average Bonchev–Trinajstić information content (AvgIpc) is 2.69. The van der Waals surface area contributed by atoms with Crippen molar-refractivity contribution in [3.8, 4) is 0 Å². The van der Waals surface area contributed by atoms with Gasteiger partial charge in [-0.1, -0.05) is 12.1 Å². The summed E-state index contributed by atoms with van der Waals surface area (Å²) in [7, 11) is 0. The minimum atomic E-state index is 0.0973. The standard InChI is InChI=1S/C18H23N7O/c19-18(23-15-5-1-3-8-20-15)22-10-7-17(26)25-13-11-24(12-14-25)16-6-2-4-9-21-16/h1-6,8-9H,7,10-14H2,(H3,19,20,22,23). The summed E-state index contributed by atoms with van der Waals surface area (Å²) in [5.74, 6) is 1.94. The molecule has 26 heavy (non-hydrogen) atoms. The van der Waals surface area contributed by atoms with E-state index in [0.29, 0.717) is 31.9 Å². The number of aliphatic imine (C=N–C) groups is 1. The predicted molar refractivity (Wildman–Crippen MR) is 102 cm³/mol. The van der Waals surface area contributed by atoms with E-state index in [1.54, 1.807) is 18.5 Å². The highest BCUT2D eigenvalue weighted by Gasteiger charge is 2.21. The third-order valence-electron chi connectivity index (χ3n) is 4.13. The molecule has 2 aromatic rings. The van der Waals surface area contributed by atoms with Crippen LogP contribution in [0.2, 0.25) is 0 Å². The Morgan fingerprint density at radius 1 is 1.08 bits per heavy atom. The molecule has 0 bridgehead atoms. The number of amides is 1. The summed E-state index contributed by atoms with van der Waals surface area (Å²) in [6.45, 7) is 3.32.